The number of morpholine rings is 1. The summed E-state index contributed by atoms with van der Waals surface area (Å²) in [4.78, 5) is 14.4. The molecule has 1 atom stereocenters. The van der Waals surface area contributed by atoms with Crippen molar-refractivity contribution in [1.82, 2.24) is 4.90 Å². The fourth-order valence-electron chi connectivity index (χ4n) is 2.77. The fraction of sp³-hybridized carbons (Fsp3) is 0.562. The van der Waals surface area contributed by atoms with Crippen LogP contribution in [0.15, 0.2) is 28.7 Å². The average molecular weight is 356 g/mol. The Labute approximate surface area is 134 Å². The number of esters is 1. The second kappa shape index (κ2) is 7.38. The second-order valence-electron chi connectivity index (χ2n) is 5.37. The summed E-state index contributed by atoms with van der Waals surface area (Å²) in [5, 5.41) is 0. The molecular formula is C16H22BrNO3. The average Bonchev–Trinajstić information content (AvgIpc) is 2.48. The van der Waals surface area contributed by atoms with Gasteiger partial charge in [0.25, 0.3) is 0 Å². The first-order chi connectivity index (χ1) is 10.1. The van der Waals surface area contributed by atoms with Crippen molar-refractivity contribution in [2.24, 2.45) is 0 Å². The highest BCUT2D eigenvalue weighted by atomic mass is 79.9. The van der Waals surface area contributed by atoms with Crippen LogP contribution in [0.4, 0.5) is 0 Å². The number of rotatable bonds is 5. The van der Waals surface area contributed by atoms with E-state index in [4.69, 9.17) is 9.47 Å². The lowest BCUT2D eigenvalue weighted by atomic mass is 9.86. The molecule has 0 aromatic heterocycles. The minimum absolute atomic E-state index is 0.161. The number of hydrogen-bond acceptors (Lipinski definition) is 4. The lowest BCUT2D eigenvalue weighted by Crippen LogP contribution is -2.50. The van der Waals surface area contributed by atoms with Crippen molar-refractivity contribution in [1.29, 1.82) is 0 Å². The third-order valence-electron chi connectivity index (χ3n) is 3.95. The molecule has 1 aromatic carbocycles. The molecule has 4 nitrogen and oxygen atoms in total. The SMILES string of the molecule is CCOC(=O)CC(C)(c1cccc(Br)c1)N1CCOCC1. The maximum Gasteiger partial charge on any atom is 0.307 e. The van der Waals surface area contributed by atoms with Crippen LogP contribution in [0.1, 0.15) is 25.8 Å². The number of carbonyl (C=O) groups excluding carboxylic acids is 1. The van der Waals surface area contributed by atoms with Crippen LogP contribution in [0.25, 0.3) is 0 Å². The molecule has 0 aliphatic carbocycles. The lowest BCUT2D eigenvalue weighted by molar-refractivity contribution is -0.147. The summed E-state index contributed by atoms with van der Waals surface area (Å²) in [7, 11) is 0. The van der Waals surface area contributed by atoms with Gasteiger partial charge in [0.1, 0.15) is 0 Å². The maximum atomic E-state index is 12.1. The van der Waals surface area contributed by atoms with Gasteiger partial charge in [-0.3, -0.25) is 9.69 Å². The van der Waals surface area contributed by atoms with E-state index in [0.717, 1.165) is 23.1 Å². The molecule has 0 N–H and O–H groups in total. The van der Waals surface area contributed by atoms with E-state index < -0.39 is 0 Å². The van der Waals surface area contributed by atoms with Gasteiger partial charge in [0.05, 0.1) is 31.8 Å². The molecule has 2 rings (SSSR count). The Morgan fingerprint density at radius 2 is 2.14 bits per heavy atom. The van der Waals surface area contributed by atoms with Gasteiger partial charge in [-0.15, -0.1) is 0 Å². The Morgan fingerprint density at radius 1 is 1.43 bits per heavy atom. The maximum absolute atomic E-state index is 12.1. The quantitative estimate of drug-likeness (QED) is 0.761. The lowest BCUT2D eigenvalue weighted by Gasteiger charge is -2.43. The van der Waals surface area contributed by atoms with Crippen molar-refractivity contribution in [3.63, 3.8) is 0 Å². The molecule has 0 radical (unpaired) electrons. The van der Waals surface area contributed by atoms with E-state index in [1.165, 1.54) is 0 Å². The predicted octanol–water partition coefficient (Wildman–Crippen LogP) is 2.95. The van der Waals surface area contributed by atoms with Gasteiger partial charge >= 0.3 is 5.97 Å². The molecular weight excluding hydrogens is 334 g/mol. The van der Waals surface area contributed by atoms with E-state index in [9.17, 15) is 4.79 Å². The van der Waals surface area contributed by atoms with E-state index in [2.05, 4.69) is 39.9 Å². The summed E-state index contributed by atoms with van der Waals surface area (Å²) in [6, 6.07) is 8.14. The largest absolute Gasteiger partial charge is 0.466 e. The number of ether oxygens (including phenoxy) is 2. The second-order valence-corrected chi connectivity index (χ2v) is 6.28. The van der Waals surface area contributed by atoms with Crippen molar-refractivity contribution >= 4 is 21.9 Å². The minimum atomic E-state index is -0.375. The first kappa shape index (κ1) is 16.5. The van der Waals surface area contributed by atoms with Crippen LogP contribution in [-0.4, -0.2) is 43.8 Å². The van der Waals surface area contributed by atoms with Crippen LogP contribution in [-0.2, 0) is 19.8 Å². The van der Waals surface area contributed by atoms with E-state index in [1.807, 2.05) is 19.1 Å². The fourth-order valence-corrected chi connectivity index (χ4v) is 3.17. The van der Waals surface area contributed by atoms with Gasteiger partial charge in [0, 0.05) is 17.6 Å². The van der Waals surface area contributed by atoms with Crippen LogP contribution < -0.4 is 0 Å². The van der Waals surface area contributed by atoms with Crippen LogP contribution in [0, 0.1) is 0 Å². The molecule has 0 bridgehead atoms. The molecule has 0 spiro atoms. The molecule has 1 saturated heterocycles. The molecule has 21 heavy (non-hydrogen) atoms. The molecule has 1 aliphatic heterocycles. The topological polar surface area (TPSA) is 38.8 Å². The van der Waals surface area contributed by atoms with Crippen LogP contribution >= 0.6 is 15.9 Å². The van der Waals surface area contributed by atoms with Gasteiger partial charge in [-0.05, 0) is 31.5 Å². The number of halogens is 1. The summed E-state index contributed by atoms with van der Waals surface area (Å²) in [6.45, 7) is 7.40. The van der Waals surface area contributed by atoms with Crippen molar-refractivity contribution in [3.05, 3.63) is 34.3 Å². The van der Waals surface area contributed by atoms with Crippen molar-refractivity contribution in [2.45, 2.75) is 25.8 Å². The van der Waals surface area contributed by atoms with E-state index >= 15 is 0 Å². The van der Waals surface area contributed by atoms with Gasteiger partial charge in [0.2, 0.25) is 0 Å². The highest BCUT2D eigenvalue weighted by Gasteiger charge is 2.37. The Hall–Kier alpha value is -0.910. The third-order valence-corrected chi connectivity index (χ3v) is 4.44. The Bertz CT molecular complexity index is 488. The molecule has 0 saturated carbocycles. The Morgan fingerprint density at radius 3 is 2.76 bits per heavy atom. The number of hydrogen-bond donors (Lipinski definition) is 0. The highest BCUT2D eigenvalue weighted by molar-refractivity contribution is 9.10. The normalized spacial score (nSPS) is 19.0. The number of nitrogens with zero attached hydrogens (tertiary/aromatic N) is 1. The number of benzene rings is 1. The molecule has 1 fully saturated rings. The first-order valence-corrected chi connectivity index (χ1v) is 8.10. The number of carbonyl (C=O) groups is 1. The summed E-state index contributed by atoms with van der Waals surface area (Å²) in [5.74, 6) is -0.161. The molecule has 1 aliphatic rings. The van der Waals surface area contributed by atoms with E-state index in [1.54, 1.807) is 0 Å². The minimum Gasteiger partial charge on any atom is -0.466 e. The zero-order chi connectivity index (χ0) is 15.3. The molecule has 0 amide bonds. The van der Waals surface area contributed by atoms with Gasteiger partial charge in [-0.1, -0.05) is 28.1 Å². The summed E-state index contributed by atoms with van der Waals surface area (Å²) in [5.41, 5.74) is 0.742. The predicted molar refractivity (Wildman–Crippen MR) is 85.1 cm³/mol. The van der Waals surface area contributed by atoms with Crippen LogP contribution in [0.2, 0.25) is 0 Å². The highest BCUT2D eigenvalue weighted by Crippen LogP contribution is 2.34. The van der Waals surface area contributed by atoms with E-state index in [0.29, 0.717) is 26.2 Å². The zero-order valence-electron chi connectivity index (χ0n) is 12.6. The van der Waals surface area contributed by atoms with Crippen molar-refractivity contribution in [2.75, 3.05) is 32.9 Å². The van der Waals surface area contributed by atoms with Gasteiger partial charge in [-0.2, -0.15) is 0 Å². The first-order valence-electron chi connectivity index (χ1n) is 7.30. The van der Waals surface area contributed by atoms with Gasteiger partial charge < -0.3 is 9.47 Å². The van der Waals surface area contributed by atoms with Gasteiger partial charge in [0.15, 0.2) is 0 Å². The molecule has 1 unspecified atom stereocenters. The Balaban J connectivity index is 2.30. The van der Waals surface area contributed by atoms with E-state index in [-0.39, 0.29) is 11.5 Å². The molecule has 1 aromatic rings. The smallest absolute Gasteiger partial charge is 0.307 e. The van der Waals surface area contributed by atoms with Crippen molar-refractivity contribution in [3.8, 4) is 0 Å². The molecule has 116 valence electrons. The summed E-state index contributed by atoms with van der Waals surface area (Å²) >= 11 is 3.52. The molecule has 5 heteroatoms. The standard InChI is InChI=1S/C16H22BrNO3/c1-3-21-15(19)12-16(2,18-7-9-20-10-8-18)13-5-4-6-14(17)11-13/h4-6,11H,3,7-10,12H2,1-2H3. The summed E-state index contributed by atoms with van der Waals surface area (Å²) < 4.78 is 11.6. The third kappa shape index (κ3) is 4.05. The molecule has 1 heterocycles. The van der Waals surface area contributed by atoms with Crippen LogP contribution in [0.3, 0.4) is 0 Å². The van der Waals surface area contributed by atoms with Crippen LogP contribution in [0.5, 0.6) is 0 Å². The summed E-state index contributed by atoms with van der Waals surface area (Å²) in [6.07, 6.45) is 0.345. The van der Waals surface area contributed by atoms with Gasteiger partial charge in [-0.25, -0.2) is 0 Å². The monoisotopic (exact) mass is 355 g/mol. The Kier molecular flexibility index (Phi) is 5.79. The van der Waals surface area contributed by atoms with Crippen molar-refractivity contribution < 1.29 is 14.3 Å². The zero-order valence-corrected chi connectivity index (χ0v) is 14.2.